The van der Waals surface area contributed by atoms with Crippen molar-refractivity contribution in [1.29, 1.82) is 0 Å². The van der Waals surface area contributed by atoms with Crippen molar-refractivity contribution in [2.45, 2.75) is 11.1 Å². The second-order valence-corrected chi connectivity index (χ2v) is 5.77. The SMILES string of the molecule is O=S(=O)(Cl)c1ccc2nc(C(F)(F)F)[nH]c2c1. The molecule has 0 aliphatic heterocycles. The molecule has 0 radical (unpaired) electrons. The van der Waals surface area contributed by atoms with Gasteiger partial charge in [0.05, 0.1) is 15.9 Å². The maximum Gasteiger partial charge on any atom is 0.449 e. The minimum Gasteiger partial charge on any atom is -0.334 e. The highest BCUT2D eigenvalue weighted by atomic mass is 35.7. The number of hydrogen-bond donors (Lipinski definition) is 1. The van der Waals surface area contributed by atoms with Crippen LogP contribution in [-0.2, 0) is 15.2 Å². The molecule has 2 rings (SSSR count). The summed E-state index contributed by atoms with van der Waals surface area (Å²) in [5.41, 5.74) is -0.0274. The zero-order valence-corrected chi connectivity index (χ0v) is 9.49. The number of nitrogens with zero attached hydrogens (tertiary/aromatic N) is 1. The van der Waals surface area contributed by atoms with Crippen molar-refractivity contribution in [3.05, 3.63) is 24.0 Å². The number of H-pyrrole nitrogens is 1. The second kappa shape index (κ2) is 3.61. The minimum absolute atomic E-state index is 0.0152. The number of nitrogens with one attached hydrogen (secondary N) is 1. The summed E-state index contributed by atoms with van der Waals surface area (Å²) in [6.07, 6.45) is -4.61. The van der Waals surface area contributed by atoms with Crippen LogP contribution >= 0.6 is 10.7 Å². The maximum absolute atomic E-state index is 12.3. The summed E-state index contributed by atoms with van der Waals surface area (Å²) in [4.78, 5) is 4.99. The fraction of sp³-hybridized carbons (Fsp3) is 0.125. The molecule has 4 nitrogen and oxygen atoms in total. The first-order valence-corrected chi connectivity index (χ1v) is 6.50. The van der Waals surface area contributed by atoms with E-state index in [1.54, 1.807) is 0 Å². The third kappa shape index (κ3) is 2.37. The van der Waals surface area contributed by atoms with Crippen LogP contribution in [0.2, 0.25) is 0 Å². The van der Waals surface area contributed by atoms with E-state index < -0.39 is 21.1 Å². The molecule has 0 saturated heterocycles. The van der Waals surface area contributed by atoms with Crippen LogP contribution in [0.3, 0.4) is 0 Å². The molecule has 1 aromatic carbocycles. The van der Waals surface area contributed by atoms with Crippen LogP contribution in [0.5, 0.6) is 0 Å². The molecule has 2 aromatic rings. The first kappa shape index (κ1) is 12.2. The van der Waals surface area contributed by atoms with Gasteiger partial charge in [0.25, 0.3) is 9.05 Å². The Balaban J connectivity index is 2.64. The van der Waals surface area contributed by atoms with E-state index in [4.69, 9.17) is 10.7 Å². The highest BCUT2D eigenvalue weighted by Crippen LogP contribution is 2.29. The standard InChI is InChI=1S/C8H4ClF3N2O2S/c9-17(15,16)4-1-2-5-6(3-4)14-7(13-5)8(10,11)12/h1-3H,(H,13,14). The van der Waals surface area contributed by atoms with Gasteiger partial charge in [0.2, 0.25) is 5.82 Å². The average Bonchev–Trinajstić information content (AvgIpc) is 2.57. The minimum atomic E-state index is -4.61. The van der Waals surface area contributed by atoms with E-state index >= 15 is 0 Å². The number of aromatic amines is 1. The zero-order valence-electron chi connectivity index (χ0n) is 7.92. The molecule has 0 aliphatic rings. The van der Waals surface area contributed by atoms with E-state index in [0.717, 1.165) is 18.2 Å². The number of hydrogen-bond acceptors (Lipinski definition) is 3. The molecule has 1 heterocycles. The lowest BCUT2D eigenvalue weighted by Gasteiger charge is -1.99. The summed E-state index contributed by atoms with van der Waals surface area (Å²) in [5, 5.41) is 0. The van der Waals surface area contributed by atoms with Gasteiger partial charge in [-0.05, 0) is 18.2 Å². The fourth-order valence-corrected chi connectivity index (χ4v) is 2.05. The smallest absolute Gasteiger partial charge is 0.334 e. The van der Waals surface area contributed by atoms with Gasteiger partial charge in [-0.15, -0.1) is 0 Å². The van der Waals surface area contributed by atoms with Crippen LogP contribution in [0.15, 0.2) is 23.1 Å². The molecule has 0 aliphatic carbocycles. The normalized spacial score (nSPS) is 13.2. The summed E-state index contributed by atoms with van der Waals surface area (Å²) in [6, 6.07) is 3.24. The number of aromatic nitrogens is 2. The van der Waals surface area contributed by atoms with Crippen LogP contribution in [0.25, 0.3) is 11.0 Å². The van der Waals surface area contributed by atoms with Crippen molar-refractivity contribution in [2.75, 3.05) is 0 Å². The largest absolute Gasteiger partial charge is 0.449 e. The molecule has 0 atom stereocenters. The Labute approximate surface area is 97.8 Å². The molecule has 0 saturated carbocycles. The van der Waals surface area contributed by atoms with E-state index in [-0.39, 0.29) is 15.9 Å². The molecule has 0 bridgehead atoms. The molecule has 1 aromatic heterocycles. The molecule has 0 fully saturated rings. The summed E-state index contributed by atoms with van der Waals surface area (Å²) >= 11 is 0. The number of benzene rings is 1. The number of halogens is 4. The van der Waals surface area contributed by atoms with E-state index in [9.17, 15) is 21.6 Å². The van der Waals surface area contributed by atoms with Gasteiger partial charge in [-0.25, -0.2) is 13.4 Å². The molecular weight excluding hydrogens is 281 g/mol. The molecule has 0 spiro atoms. The van der Waals surface area contributed by atoms with Crippen molar-refractivity contribution in [1.82, 2.24) is 9.97 Å². The number of rotatable bonds is 1. The molecule has 17 heavy (non-hydrogen) atoms. The molecule has 1 N–H and O–H groups in total. The Kier molecular flexibility index (Phi) is 2.58. The lowest BCUT2D eigenvalue weighted by Crippen LogP contribution is -2.06. The van der Waals surface area contributed by atoms with E-state index in [2.05, 4.69) is 4.98 Å². The van der Waals surface area contributed by atoms with E-state index in [1.807, 2.05) is 4.98 Å². The maximum atomic E-state index is 12.3. The molecular formula is C8H4ClF3N2O2S. The second-order valence-electron chi connectivity index (χ2n) is 3.20. The lowest BCUT2D eigenvalue weighted by atomic mass is 10.3. The van der Waals surface area contributed by atoms with Crippen molar-refractivity contribution >= 4 is 30.8 Å². The molecule has 92 valence electrons. The number of imidazole rings is 1. The van der Waals surface area contributed by atoms with Gasteiger partial charge in [-0.1, -0.05) is 0 Å². The van der Waals surface area contributed by atoms with Crippen molar-refractivity contribution in [3.8, 4) is 0 Å². The zero-order chi connectivity index (χ0) is 12.8. The van der Waals surface area contributed by atoms with Crippen molar-refractivity contribution < 1.29 is 21.6 Å². The summed E-state index contributed by atoms with van der Waals surface area (Å²) < 4.78 is 58.9. The summed E-state index contributed by atoms with van der Waals surface area (Å²) in [6.45, 7) is 0. The summed E-state index contributed by atoms with van der Waals surface area (Å²) in [5.74, 6) is -1.18. The van der Waals surface area contributed by atoms with Crippen LogP contribution < -0.4 is 0 Å². The van der Waals surface area contributed by atoms with Crippen molar-refractivity contribution in [3.63, 3.8) is 0 Å². The fourth-order valence-electron chi connectivity index (χ4n) is 1.27. The predicted molar refractivity (Wildman–Crippen MR) is 54.1 cm³/mol. The highest BCUT2D eigenvalue weighted by Gasteiger charge is 2.34. The lowest BCUT2D eigenvalue weighted by molar-refractivity contribution is -0.144. The highest BCUT2D eigenvalue weighted by molar-refractivity contribution is 8.13. The first-order chi connectivity index (χ1) is 7.68. The van der Waals surface area contributed by atoms with Gasteiger partial charge in [-0.2, -0.15) is 13.2 Å². The molecule has 0 unspecified atom stereocenters. The quantitative estimate of drug-likeness (QED) is 0.819. The van der Waals surface area contributed by atoms with E-state index in [0.29, 0.717) is 0 Å². The van der Waals surface area contributed by atoms with Gasteiger partial charge in [-0.3, -0.25) is 0 Å². The van der Waals surface area contributed by atoms with Crippen LogP contribution in [0.4, 0.5) is 13.2 Å². The van der Waals surface area contributed by atoms with Gasteiger partial charge < -0.3 is 4.98 Å². The Hall–Kier alpha value is -1.28. The van der Waals surface area contributed by atoms with Gasteiger partial charge in [0, 0.05) is 10.7 Å². The predicted octanol–water partition coefficient (Wildman–Crippen LogP) is 2.51. The summed E-state index contributed by atoms with van der Waals surface area (Å²) in [7, 11) is 1.09. The number of fused-ring (bicyclic) bond motifs is 1. The molecule has 9 heteroatoms. The third-order valence-corrected chi connectivity index (χ3v) is 3.35. The topological polar surface area (TPSA) is 62.8 Å². The van der Waals surface area contributed by atoms with Crippen LogP contribution in [0.1, 0.15) is 5.82 Å². The number of alkyl halides is 3. The Bertz CT molecular complexity index is 678. The van der Waals surface area contributed by atoms with Gasteiger partial charge in [0.1, 0.15) is 0 Å². The Morgan fingerprint density at radius 3 is 2.47 bits per heavy atom. The van der Waals surface area contributed by atoms with Crippen LogP contribution in [-0.4, -0.2) is 18.4 Å². The first-order valence-electron chi connectivity index (χ1n) is 4.19. The monoisotopic (exact) mass is 284 g/mol. The van der Waals surface area contributed by atoms with Crippen LogP contribution in [0, 0.1) is 0 Å². The van der Waals surface area contributed by atoms with Crippen molar-refractivity contribution in [2.24, 2.45) is 0 Å². The molecule has 0 amide bonds. The van der Waals surface area contributed by atoms with Gasteiger partial charge >= 0.3 is 6.18 Å². The Morgan fingerprint density at radius 2 is 1.94 bits per heavy atom. The Morgan fingerprint density at radius 1 is 1.29 bits per heavy atom. The third-order valence-electron chi connectivity index (χ3n) is 2.00. The van der Waals surface area contributed by atoms with E-state index in [1.165, 1.54) is 0 Å². The average molecular weight is 285 g/mol. The van der Waals surface area contributed by atoms with Gasteiger partial charge in [0.15, 0.2) is 0 Å².